The van der Waals surface area contributed by atoms with Crippen LogP contribution in [-0.2, 0) is 11.0 Å². The van der Waals surface area contributed by atoms with Gasteiger partial charge in [-0.2, -0.15) is 13.2 Å². The first-order chi connectivity index (χ1) is 10.8. The molecule has 0 spiro atoms. The van der Waals surface area contributed by atoms with Crippen LogP contribution in [0.1, 0.15) is 5.56 Å². The molecule has 0 saturated carbocycles. The summed E-state index contributed by atoms with van der Waals surface area (Å²) in [6.45, 7) is 0. The average molecular weight is 347 g/mol. The molecule has 0 aliphatic carbocycles. The number of rotatable bonds is 4. The third kappa shape index (κ3) is 4.69. The highest BCUT2D eigenvalue weighted by Crippen LogP contribution is 2.34. The number of halogens is 5. The number of carbonyl (C=O) groups is 1. The summed E-state index contributed by atoms with van der Waals surface area (Å²) in [5.74, 6) is -2.63. The molecule has 0 aliphatic rings. The van der Waals surface area contributed by atoms with E-state index in [1.165, 1.54) is 12.1 Å². The number of nitrogens with one attached hydrogen (secondary N) is 1. The summed E-state index contributed by atoms with van der Waals surface area (Å²) < 4.78 is 64.6. The van der Waals surface area contributed by atoms with Crippen LogP contribution >= 0.6 is 11.8 Å². The van der Waals surface area contributed by atoms with Crippen molar-refractivity contribution < 1.29 is 26.7 Å². The number of thioether (sulfide) groups is 1. The van der Waals surface area contributed by atoms with Crippen molar-refractivity contribution >= 4 is 23.4 Å². The Kier molecular flexibility index (Phi) is 5.25. The second-order valence-electron chi connectivity index (χ2n) is 4.45. The van der Waals surface area contributed by atoms with Gasteiger partial charge in [-0.05, 0) is 24.3 Å². The zero-order valence-corrected chi connectivity index (χ0v) is 12.3. The van der Waals surface area contributed by atoms with Crippen molar-refractivity contribution in [3.05, 3.63) is 59.7 Å². The van der Waals surface area contributed by atoms with Gasteiger partial charge in [-0.15, -0.1) is 11.8 Å². The van der Waals surface area contributed by atoms with E-state index in [4.69, 9.17) is 0 Å². The van der Waals surface area contributed by atoms with Crippen molar-refractivity contribution in [2.24, 2.45) is 0 Å². The largest absolute Gasteiger partial charge is 0.418 e. The summed E-state index contributed by atoms with van der Waals surface area (Å²) in [7, 11) is 0. The van der Waals surface area contributed by atoms with Crippen molar-refractivity contribution in [1.82, 2.24) is 0 Å². The lowest BCUT2D eigenvalue weighted by atomic mass is 10.1. The van der Waals surface area contributed by atoms with Crippen LogP contribution in [0.4, 0.5) is 27.6 Å². The molecule has 0 atom stereocenters. The molecule has 0 aromatic heterocycles. The molecule has 8 heteroatoms. The van der Waals surface area contributed by atoms with E-state index in [1.54, 1.807) is 0 Å². The maximum Gasteiger partial charge on any atom is 0.418 e. The highest BCUT2D eigenvalue weighted by Gasteiger charge is 2.33. The highest BCUT2D eigenvalue weighted by atomic mass is 32.2. The maximum atomic E-state index is 13.4. The van der Waals surface area contributed by atoms with Crippen molar-refractivity contribution in [2.45, 2.75) is 11.1 Å². The molecule has 0 heterocycles. The van der Waals surface area contributed by atoms with Crippen LogP contribution in [-0.4, -0.2) is 11.7 Å². The summed E-state index contributed by atoms with van der Waals surface area (Å²) in [6, 6.07) is 7.40. The third-order valence-electron chi connectivity index (χ3n) is 2.76. The van der Waals surface area contributed by atoms with Crippen molar-refractivity contribution in [3.63, 3.8) is 0 Å². The van der Waals surface area contributed by atoms with E-state index in [2.05, 4.69) is 5.32 Å². The molecule has 2 rings (SSSR count). The molecular formula is C15H10F5NOS. The highest BCUT2D eigenvalue weighted by molar-refractivity contribution is 8.00. The molecule has 2 aromatic carbocycles. The lowest BCUT2D eigenvalue weighted by molar-refractivity contribution is -0.137. The summed E-state index contributed by atoms with van der Waals surface area (Å²) in [5.41, 5.74) is -1.34. The van der Waals surface area contributed by atoms with Crippen molar-refractivity contribution in [3.8, 4) is 0 Å². The topological polar surface area (TPSA) is 29.1 Å². The van der Waals surface area contributed by atoms with E-state index >= 15 is 0 Å². The van der Waals surface area contributed by atoms with Gasteiger partial charge in [0.1, 0.15) is 11.6 Å². The summed E-state index contributed by atoms with van der Waals surface area (Å²) in [5, 5.41) is 2.14. The molecule has 0 fully saturated rings. The number of amides is 1. The average Bonchev–Trinajstić information content (AvgIpc) is 2.46. The van der Waals surface area contributed by atoms with E-state index in [0.29, 0.717) is 6.07 Å². The Morgan fingerprint density at radius 2 is 1.78 bits per heavy atom. The van der Waals surface area contributed by atoms with Gasteiger partial charge in [-0.3, -0.25) is 4.79 Å². The van der Waals surface area contributed by atoms with E-state index in [1.807, 2.05) is 0 Å². The molecule has 0 bridgehead atoms. The number of carbonyl (C=O) groups excluding carboxylic acids is 1. The number of anilines is 1. The van der Waals surface area contributed by atoms with Crippen molar-refractivity contribution in [2.75, 3.05) is 11.1 Å². The second kappa shape index (κ2) is 6.99. The first kappa shape index (κ1) is 17.3. The zero-order valence-electron chi connectivity index (χ0n) is 11.5. The lowest BCUT2D eigenvalue weighted by Crippen LogP contribution is -2.18. The Bertz CT molecular complexity index is 717. The SMILES string of the molecule is O=C(CSc1ccc(F)cc1F)Nc1ccccc1C(F)(F)F. The third-order valence-corrected chi connectivity index (χ3v) is 3.81. The smallest absolute Gasteiger partial charge is 0.325 e. The van der Waals surface area contributed by atoms with E-state index in [9.17, 15) is 26.7 Å². The minimum atomic E-state index is -4.60. The number of alkyl halides is 3. The van der Waals surface area contributed by atoms with Gasteiger partial charge in [0.15, 0.2) is 0 Å². The molecule has 2 aromatic rings. The van der Waals surface area contributed by atoms with Gasteiger partial charge in [-0.1, -0.05) is 12.1 Å². The van der Waals surface area contributed by atoms with Crippen LogP contribution < -0.4 is 5.32 Å². The first-order valence-corrected chi connectivity index (χ1v) is 7.30. The van der Waals surface area contributed by atoms with Gasteiger partial charge in [0, 0.05) is 11.0 Å². The van der Waals surface area contributed by atoms with Crippen LogP contribution in [0.15, 0.2) is 47.4 Å². The Hall–Kier alpha value is -2.09. The van der Waals surface area contributed by atoms with Crippen LogP contribution in [0.5, 0.6) is 0 Å². The number of hydrogen-bond donors (Lipinski definition) is 1. The molecule has 1 N–H and O–H groups in total. The van der Waals surface area contributed by atoms with Crippen molar-refractivity contribution in [1.29, 1.82) is 0 Å². The minimum Gasteiger partial charge on any atom is -0.325 e. The Balaban J connectivity index is 2.03. The molecule has 0 aliphatic heterocycles. The van der Waals surface area contributed by atoms with Gasteiger partial charge in [0.25, 0.3) is 0 Å². The lowest BCUT2D eigenvalue weighted by Gasteiger charge is -2.13. The van der Waals surface area contributed by atoms with Crippen LogP contribution in [0.3, 0.4) is 0 Å². The van der Waals surface area contributed by atoms with Crippen LogP contribution in [0.2, 0.25) is 0 Å². The van der Waals surface area contributed by atoms with Gasteiger partial charge in [-0.25, -0.2) is 8.78 Å². The Morgan fingerprint density at radius 1 is 1.09 bits per heavy atom. The van der Waals surface area contributed by atoms with E-state index in [-0.39, 0.29) is 16.3 Å². The Morgan fingerprint density at radius 3 is 2.43 bits per heavy atom. The summed E-state index contributed by atoms with van der Waals surface area (Å²) >= 11 is 0.761. The molecule has 0 radical (unpaired) electrons. The zero-order chi connectivity index (χ0) is 17.0. The van der Waals surface area contributed by atoms with E-state index in [0.717, 1.165) is 36.0 Å². The Labute approximate surface area is 132 Å². The van der Waals surface area contributed by atoms with Gasteiger partial charge >= 0.3 is 6.18 Å². The predicted octanol–water partition coefficient (Wildman–Crippen LogP) is 4.71. The standard InChI is InChI=1S/C15H10F5NOS/c16-9-5-6-13(11(17)7-9)23-8-14(22)21-12-4-2-1-3-10(12)15(18,19)20/h1-7H,8H2,(H,21,22). The molecule has 1 amide bonds. The maximum absolute atomic E-state index is 13.4. The van der Waals surface area contributed by atoms with Gasteiger partial charge < -0.3 is 5.32 Å². The van der Waals surface area contributed by atoms with Gasteiger partial charge in [0.2, 0.25) is 5.91 Å². The van der Waals surface area contributed by atoms with Crippen LogP contribution in [0.25, 0.3) is 0 Å². The van der Waals surface area contributed by atoms with Gasteiger partial charge in [0.05, 0.1) is 17.0 Å². The summed E-state index contributed by atoms with van der Waals surface area (Å²) in [6.07, 6.45) is -4.60. The number of para-hydroxylation sites is 1. The number of benzene rings is 2. The molecule has 0 unspecified atom stereocenters. The number of hydrogen-bond acceptors (Lipinski definition) is 2. The molecular weight excluding hydrogens is 337 g/mol. The quantitative estimate of drug-likeness (QED) is 0.641. The normalized spacial score (nSPS) is 11.3. The predicted molar refractivity (Wildman–Crippen MR) is 77.2 cm³/mol. The monoisotopic (exact) mass is 347 g/mol. The summed E-state index contributed by atoms with van der Waals surface area (Å²) in [4.78, 5) is 11.8. The van der Waals surface area contributed by atoms with E-state index < -0.39 is 29.3 Å². The first-order valence-electron chi connectivity index (χ1n) is 6.31. The van der Waals surface area contributed by atoms with Crippen LogP contribution in [0, 0.1) is 11.6 Å². The fraction of sp³-hybridized carbons (Fsp3) is 0.133. The fourth-order valence-corrected chi connectivity index (χ4v) is 2.48. The molecule has 2 nitrogen and oxygen atoms in total. The second-order valence-corrected chi connectivity index (χ2v) is 5.47. The minimum absolute atomic E-state index is 0.0330. The molecule has 122 valence electrons. The molecule has 23 heavy (non-hydrogen) atoms. The fourth-order valence-electron chi connectivity index (χ4n) is 1.76. The molecule has 0 saturated heterocycles.